The van der Waals surface area contributed by atoms with Gasteiger partial charge in [0, 0.05) is 0 Å². The topological polar surface area (TPSA) is 34.1 Å². The van der Waals surface area contributed by atoms with E-state index in [0.29, 0.717) is 0 Å². The molecule has 0 aliphatic carbocycles. The van der Waals surface area contributed by atoms with Crippen LogP contribution in [0.5, 0.6) is 0 Å². The first-order chi connectivity index (χ1) is 4.27. The predicted octanol–water partition coefficient (Wildman–Crippen LogP) is 1.64. The van der Waals surface area contributed by atoms with E-state index in [9.17, 15) is 8.42 Å². The molecule has 0 saturated carbocycles. The second-order valence-electron chi connectivity index (χ2n) is 3.56. The molecular formula is C6H13ClO2S. The van der Waals surface area contributed by atoms with Gasteiger partial charge in [-0.3, -0.25) is 0 Å². The summed E-state index contributed by atoms with van der Waals surface area (Å²) in [6.45, 7) is 5.62. The number of hydrogen-bond acceptors (Lipinski definition) is 2. The van der Waals surface area contributed by atoms with Crippen LogP contribution in [0.2, 0.25) is 0 Å². The number of rotatable bonds is 2. The van der Waals surface area contributed by atoms with Crippen LogP contribution in [0.25, 0.3) is 0 Å². The third-order valence-corrected chi connectivity index (χ3v) is 3.45. The molecule has 0 bridgehead atoms. The van der Waals surface area contributed by atoms with E-state index in [-0.39, 0.29) is 16.4 Å². The van der Waals surface area contributed by atoms with Crippen molar-refractivity contribution in [1.82, 2.24) is 0 Å². The lowest BCUT2D eigenvalue weighted by Gasteiger charge is -2.16. The summed E-state index contributed by atoms with van der Waals surface area (Å²) in [4.78, 5) is 0. The van der Waals surface area contributed by atoms with E-state index in [4.69, 9.17) is 11.6 Å². The number of hydrogen-bond donors (Lipinski definition) is 0. The Labute approximate surface area is 67.5 Å². The van der Waals surface area contributed by atoms with Crippen molar-refractivity contribution < 1.29 is 8.42 Å². The fourth-order valence-electron chi connectivity index (χ4n) is 0.698. The normalized spacial score (nSPS) is 13.6. The molecule has 0 atom stereocenters. The summed E-state index contributed by atoms with van der Waals surface area (Å²) in [7, 11) is -3.01. The molecule has 0 N–H and O–H groups in total. The summed E-state index contributed by atoms with van der Waals surface area (Å²) in [6.07, 6.45) is 0. The first kappa shape index (κ1) is 10.2. The Hall–Kier alpha value is 0.240. The van der Waals surface area contributed by atoms with Crippen molar-refractivity contribution in [3.05, 3.63) is 0 Å². The second-order valence-corrected chi connectivity index (χ2v) is 6.21. The second kappa shape index (κ2) is 3.09. The quantitative estimate of drug-likeness (QED) is 0.612. The highest BCUT2D eigenvalue weighted by Crippen LogP contribution is 2.16. The van der Waals surface area contributed by atoms with Crippen molar-refractivity contribution >= 4 is 21.4 Å². The van der Waals surface area contributed by atoms with Gasteiger partial charge in [0.15, 0.2) is 9.84 Å². The van der Waals surface area contributed by atoms with Gasteiger partial charge in [0.1, 0.15) is 5.21 Å². The Morgan fingerprint density at radius 2 is 1.70 bits per heavy atom. The van der Waals surface area contributed by atoms with Crippen LogP contribution in [0.1, 0.15) is 20.8 Å². The van der Waals surface area contributed by atoms with Gasteiger partial charge in [-0.15, -0.1) is 11.6 Å². The van der Waals surface area contributed by atoms with Crippen LogP contribution >= 0.6 is 11.6 Å². The van der Waals surface area contributed by atoms with E-state index in [1.54, 1.807) is 0 Å². The van der Waals surface area contributed by atoms with Gasteiger partial charge in [0.05, 0.1) is 5.75 Å². The zero-order valence-electron chi connectivity index (χ0n) is 6.52. The fraction of sp³-hybridized carbons (Fsp3) is 1.00. The van der Waals surface area contributed by atoms with Crippen LogP contribution in [0.3, 0.4) is 0 Å². The van der Waals surface area contributed by atoms with Gasteiger partial charge < -0.3 is 0 Å². The molecule has 0 aromatic rings. The van der Waals surface area contributed by atoms with Crippen molar-refractivity contribution in [2.45, 2.75) is 20.8 Å². The van der Waals surface area contributed by atoms with E-state index in [1.807, 2.05) is 20.8 Å². The van der Waals surface area contributed by atoms with Crippen molar-refractivity contribution in [3.8, 4) is 0 Å². The van der Waals surface area contributed by atoms with Gasteiger partial charge >= 0.3 is 0 Å². The van der Waals surface area contributed by atoms with Gasteiger partial charge in [-0.2, -0.15) is 0 Å². The summed E-state index contributed by atoms with van der Waals surface area (Å²) in [5.74, 6) is 0.156. The lowest BCUT2D eigenvalue weighted by molar-refractivity contribution is 0.463. The van der Waals surface area contributed by atoms with Gasteiger partial charge in [-0.25, -0.2) is 8.42 Å². The molecule has 0 saturated heterocycles. The molecule has 10 heavy (non-hydrogen) atoms. The van der Waals surface area contributed by atoms with E-state index in [2.05, 4.69) is 0 Å². The summed E-state index contributed by atoms with van der Waals surface area (Å²) in [5.41, 5.74) is -0.187. The molecule has 0 heterocycles. The molecule has 4 heteroatoms. The maximum absolute atomic E-state index is 10.9. The summed E-state index contributed by atoms with van der Waals surface area (Å²) < 4.78 is 21.8. The lowest BCUT2D eigenvalue weighted by atomic mass is 10.0. The monoisotopic (exact) mass is 184 g/mol. The minimum Gasteiger partial charge on any atom is -0.228 e. The summed E-state index contributed by atoms with van der Waals surface area (Å²) in [6, 6.07) is 0. The standard InChI is InChI=1S/C6H13ClO2S/c1-6(2,3)4-10(8,9)5-7/h4-5H2,1-3H3. The van der Waals surface area contributed by atoms with Crippen LogP contribution < -0.4 is 0 Å². The molecule has 0 rings (SSSR count). The zero-order chi connectivity index (χ0) is 8.41. The third kappa shape index (κ3) is 5.06. The van der Waals surface area contributed by atoms with Crippen molar-refractivity contribution in [2.24, 2.45) is 5.41 Å². The molecule has 0 spiro atoms. The van der Waals surface area contributed by atoms with Crippen molar-refractivity contribution in [1.29, 1.82) is 0 Å². The fourth-order valence-corrected chi connectivity index (χ4v) is 2.33. The molecule has 0 aromatic heterocycles. The van der Waals surface area contributed by atoms with Crippen LogP contribution in [0.4, 0.5) is 0 Å². The zero-order valence-corrected chi connectivity index (χ0v) is 8.09. The predicted molar refractivity (Wildman–Crippen MR) is 44.0 cm³/mol. The SMILES string of the molecule is CC(C)(C)CS(=O)(=O)CCl. The lowest BCUT2D eigenvalue weighted by Crippen LogP contribution is -2.21. The molecule has 0 fully saturated rings. The molecule has 0 aliphatic rings. The van der Waals surface area contributed by atoms with Gasteiger partial charge in [0.25, 0.3) is 0 Å². The van der Waals surface area contributed by atoms with Crippen LogP contribution in [-0.4, -0.2) is 19.4 Å². The Balaban J connectivity index is 4.18. The smallest absolute Gasteiger partial charge is 0.164 e. The molecule has 0 amide bonds. The van der Waals surface area contributed by atoms with Gasteiger partial charge in [0.2, 0.25) is 0 Å². The number of halogens is 1. The molecular weight excluding hydrogens is 172 g/mol. The minimum atomic E-state index is -3.01. The number of alkyl halides is 1. The Kier molecular flexibility index (Phi) is 3.17. The highest BCUT2D eigenvalue weighted by molar-refractivity contribution is 7.92. The first-order valence-corrected chi connectivity index (χ1v) is 5.39. The van der Waals surface area contributed by atoms with Gasteiger partial charge in [-0.1, -0.05) is 20.8 Å². The highest BCUT2D eigenvalue weighted by atomic mass is 35.5. The van der Waals surface area contributed by atoms with Crippen molar-refractivity contribution in [3.63, 3.8) is 0 Å². The first-order valence-electron chi connectivity index (χ1n) is 3.03. The van der Waals surface area contributed by atoms with Crippen molar-refractivity contribution in [2.75, 3.05) is 11.0 Å². The average molecular weight is 185 g/mol. The molecule has 0 aliphatic heterocycles. The van der Waals surface area contributed by atoms with Crippen LogP contribution in [0, 0.1) is 5.41 Å². The minimum absolute atomic E-state index is 0.156. The maximum atomic E-state index is 10.9. The largest absolute Gasteiger partial charge is 0.228 e. The summed E-state index contributed by atoms with van der Waals surface area (Å²) >= 11 is 5.21. The van der Waals surface area contributed by atoms with E-state index in [0.717, 1.165) is 0 Å². The third-order valence-electron chi connectivity index (χ3n) is 0.819. The van der Waals surface area contributed by atoms with E-state index >= 15 is 0 Å². The Morgan fingerprint density at radius 3 is 1.80 bits per heavy atom. The molecule has 2 nitrogen and oxygen atoms in total. The number of sulfone groups is 1. The average Bonchev–Trinajstić information content (AvgIpc) is 1.60. The van der Waals surface area contributed by atoms with Crippen LogP contribution in [0.15, 0.2) is 0 Å². The Bertz CT molecular complexity index is 188. The molecule has 0 radical (unpaired) electrons. The molecule has 62 valence electrons. The maximum Gasteiger partial charge on any atom is 0.164 e. The van der Waals surface area contributed by atoms with E-state index < -0.39 is 9.84 Å². The van der Waals surface area contributed by atoms with E-state index in [1.165, 1.54) is 0 Å². The van der Waals surface area contributed by atoms with Gasteiger partial charge in [-0.05, 0) is 5.41 Å². The van der Waals surface area contributed by atoms with Crippen LogP contribution in [-0.2, 0) is 9.84 Å². The molecule has 0 aromatic carbocycles. The highest BCUT2D eigenvalue weighted by Gasteiger charge is 2.20. The Morgan fingerprint density at radius 1 is 1.30 bits per heavy atom. The molecule has 0 unspecified atom stereocenters. The summed E-state index contributed by atoms with van der Waals surface area (Å²) in [5, 5.41) is -0.274.